The highest BCUT2D eigenvalue weighted by Gasteiger charge is 2.54. The molecule has 0 unspecified atom stereocenters. The predicted molar refractivity (Wildman–Crippen MR) is 80.4 cm³/mol. The number of aromatic hydroxyl groups is 2. The molecule has 1 aromatic carbocycles. The van der Waals surface area contributed by atoms with E-state index in [-0.39, 0.29) is 42.0 Å². The molecular formula is C18H24O3. The molecule has 0 bridgehead atoms. The van der Waals surface area contributed by atoms with Crippen molar-refractivity contribution in [3.8, 4) is 11.5 Å². The van der Waals surface area contributed by atoms with Crippen LogP contribution in [0.5, 0.6) is 11.5 Å². The van der Waals surface area contributed by atoms with Gasteiger partial charge in [0, 0.05) is 8.30 Å². The lowest BCUT2D eigenvalue weighted by atomic mass is 9.55. The largest absolute Gasteiger partial charge is 0.504 e. The fraction of sp³-hybridized carbons (Fsp3) is 0.667. The Morgan fingerprint density at radius 3 is 2.95 bits per heavy atom. The molecule has 4 rings (SSSR count). The summed E-state index contributed by atoms with van der Waals surface area (Å²) in [4.78, 5) is 0. The molecule has 1 aromatic rings. The Kier molecular flexibility index (Phi) is 1.89. The van der Waals surface area contributed by atoms with Crippen molar-refractivity contribution in [1.29, 1.82) is 0 Å². The highest BCUT2D eigenvalue weighted by molar-refractivity contribution is 5.51. The van der Waals surface area contributed by atoms with Crippen LogP contribution in [-0.2, 0) is 6.42 Å². The minimum absolute atomic E-state index is 0.0110. The molecule has 3 nitrogen and oxygen atoms in total. The second kappa shape index (κ2) is 4.39. The summed E-state index contributed by atoms with van der Waals surface area (Å²) < 4.78 is 40.9. The van der Waals surface area contributed by atoms with Crippen LogP contribution in [0.25, 0.3) is 0 Å². The minimum atomic E-state index is -2.16. The fourth-order valence-electron chi connectivity index (χ4n) is 4.86. The smallest absolute Gasteiger partial charge is 0.160 e. The Labute approximate surface area is 132 Å². The molecule has 0 radical (unpaired) electrons. The standard InChI is InChI=1S/C18H24O3/c1-18-9-8-11-10-4-6-15(19)17(21)13(10)3-2-12(11)14(18)5-7-16(18)20/h4,6,11-12,14,16,19-21H,2-3,5,7-9H2,1H3/t11-,12-,14+,16+,18+/m1/s1/i4D,6D,7D2,16D. The van der Waals surface area contributed by atoms with Crippen molar-refractivity contribution in [3.63, 3.8) is 0 Å². The van der Waals surface area contributed by atoms with Gasteiger partial charge in [-0.25, -0.2) is 0 Å². The first-order valence-electron chi connectivity index (χ1n) is 10.2. The van der Waals surface area contributed by atoms with Crippen molar-refractivity contribution in [3.05, 3.63) is 23.2 Å². The SMILES string of the molecule is [2H]c1c([2H])c2c(c(O)c1O)CC[C@@H]1[C@@H]2CC[C@@]2(C)[C@H]1CC([2H])([2H])[C@]2([2H])O. The van der Waals surface area contributed by atoms with Crippen molar-refractivity contribution in [2.24, 2.45) is 17.3 Å². The first-order valence-corrected chi connectivity index (χ1v) is 7.70. The van der Waals surface area contributed by atoms with E-state index in [0.29, 0.717) is 36.8 Å². The van der Waals surface area contributed by atoms with Gasteiger partial charge < -0.3 is 15.3 Å². The van der Waals surface area contributed by atoms with Crippen LogP contribution in [0.2, 0.25) is 0 Å². The van der Waals surface area contributed by atoms with E-state index in [2.05, 4.69) is 0 Å². The maximum absolute atomic E-state index is 10.7. The topological polar surface area (TPSA) is 60.7 Å². The van der Waals surface area contributed by atoms with Gasteiger partial charge in [0.25, 0.3) is 0 Å². The quantitative estimate of drug-likeness (QED) is 0.643. The van der Waals surface area contributed by atoms with Gasteiger partial charge in [0.2, 0.25) is 0 Å². The summed E-state index contributed by atoms with van der Waals surface area (Å²) in [6.07, 6.45) is -1.95. The van der Waals surface area contributed by atoms with Crippen molar-refractivity contribution >= 4 is 0 Å². The van der Waals surface area contributed by atoms with Crippen molar-refractivity contribution in [2.75, 3.05) is 0 Å². The number of fused-ring (bicyclic) bond motifs is 5. The molecular weight excluding hydrogens is 264 g/mol. The Morgan fingerprint density at radius 2 is 2.14 bits per heavy atom. The van der Waals surface area contributed by atoms with E-state index in [0.717, 1.165) is 0 Å². The lowest BCUT2D eigenvalue weighted by Gasteiger charge is -2.50. The van der Waals surface area contributed by atoms with Gasteiger partial charge in [0.05, 0.1) is 10.2 Å². The molecule has 2 saturated carbocycles. The molecule has 0 heterocycles. The maximum atomic E-state index is 10.7. The van der Waals surface area contributed by atoms with Crippen LogP contribution < -0.4 is 0 Å². The van der Waals surface area contributed by atoms with Crippen LogP contribution in [0.4, 0.5) is 0 Å². The van der Waals surface area contributed by atoms with E-state index in [9.17, 15) is 15.3 Å². The highest BCUT2D eigenvalue weighted by Crippen LogP contribution is 2.61. The van der Waals surface area contributed by atoms with Crippen LogP contribution in [-0.4, -0.2) is 21.4 Å². The monoisotopic (exact) mass is 293 g/mol. The summed E-state index contributed by atoms with van der Waals surface area (Å²) in [6, 6.07) is -0.454. The molecule has 0 saturated heterocycles. The zero-order valence-electron chi connectivity index (χ0n) is 17.1. The van der Waals surface area contributed by atoms with Gasteiger partial charge in [-0.3, -0.25) is 0 Å². The Balaban J connectivity index is 1.83. The molecule has 3 N–H and O–H groups in total. The summed E-state index contributed by atoms with van der Waals surface area (Å²) in [5.41, 5.74) is 0.250. The van der Waals surface area contributed by atoms with E-state index in [4.69, 9.17) is 6.85 Å². The Bertz CT molecular complexity index is 794. The normalized spacial score (nSPS) is 50.6. The molecule has 0 spiro atoms. The van der Waals surface area contributed by atoms with Gasteiger partial charge in [-0.1, -0.05) is 13.0 Å². The zero-order chi connectivity index (χ0) is 19.2. The van der Waals surface area contributed by atoms with Gasteiger partial charge in [-0.05, 0) is 73.3 Å². The molecule has 5 atom stereocenters. The summed E-state index contributed by atoms with van der Waals surface area (Å²) in [5, 5.41) is 30.9. The lowest BCUT2D eigenvalue weighted by Crippen LogP contribution is -2.43. The number of phenolic OH excluding ortho intramolecular Hbond substituents is 2. The second-order valence-corrected chi connectivity index (χ2v) is 6.94. The zero-order valence-corrected chi connectivity index (χ0v) is 12.1. The van der Waals surface area contributed by atoms with E-state index in [1.165, 1.54) is 0 Å². The van der Waals surface area contributed by atoms with Crippen LogP contribution in [0, 0.1) is 17.3 Å². The summed E-state index contributed by atoms with van der Waals surface area (Å²) in [6.45, 7) is 1.80. The third-order valence-electron chi connectivity index (χ3n) is 6.11. The third-order valence-corrected chi connectivity index (χ3v) is 6.11. The number of rotatable bonds is 0. The van der Waals surface area contributed by atoms with E-state index in [1.54, 1.807) is 6.92 Å². The number of phenols is 2. The maximum Gasteiger partial charge on any atom is 0.160 e. The summed E-state index contributed by atoms with van der Waals surface area (Å²) in [7, 11) is 0. The number of benzene rings is 1. The molecule has 3 aliphatic rings. The Hall–Kier alpha value is -1.22. The van der Waals surface area contributed by atoms with Crippen LogP contribution in [0.3, 0.4) is 0 Å². The van der Waals surface area contributed by atoms with Gasteiger partial charge in [-0.15, -0.1) is 0 Å². The van der Waals surface area contributed by atoms with Crippen LogP contribution >= 0.6 is 0 Å². The molecule has 2 fully saturated rings. The van der Waals surface area contributed by atoms with Crippen LogP contribution in [0.15, 0.2) is 12.1 Å². The van der Waals surface area contributed by atoms with E-state index < -0.39 is 23.6 Å². The third kappa shape index (κ3) is 1.70. The molecule has 0 aromatic heterocycles. The summed E-state index contributed by atoms with van der Waals surface area (Å²) >= 11 is 0. The molecule has 114 valence electrons. The fourth-order valence-corrected chi connectivity index (χ4v) is 4.86. The van der Waals surface area contributed by atoms with E-state index >= 15 is 0 Å². The van der Waals surface area contributed by atoms with Gasteiger partial charge in [-0.2, -0.15) is 0 Å². The van der Waals surface area contributed by atoms with Crippen molar-refractivity contribution in [2.45, 2.75) is 57.4 Å². The van der Waals surface area contributed by atoms with E-state index in [1.807, 2.05) is 0 Å². The molecule has 21 heavy (non-hydrogen) atoms. The molecule has 3 heteroatoms. The number of aliphatic hydroxyl groups is 1. The average Bonchev–Trinajstić information content (AvgIpc) is 2.73. The Morgan fingerprint density at radius 1 is 1.33 bits per heavy atom. The molecule has 0 amide bonds. The number of hydrogen-bond donors (Lipinski definition) is 3. The first-order chi connectivity index (χ1) is 11.9. The van der Waals surface area contributed by atoms with Gasteiger partial charge in [0.1, 0.15) is 0 Å². The first kappa shape index (κ1) is 9.04. The molecule has 3 aliphatic carbocycles. The average molecular weight is 293 g/mol. The van der Waals surface area contributed by atoms with Gasteiger partial charge in [0.15, 0.2) is 11.5 Å². The second-order valence-electron chi connectivity index (χ2n) is 6.94. The minimum Gasteiger partial charge on any atom is -0.504 e. The van der Waals surface area contributed by atoms with Crippen molar-refractivity contribution in [1.82, 2.24) is 0 Å². The van der Waals surface area contributed by atoms with Crippen molar-refractivity contribution < 1.29 is 22.2 Å². The lowest BCUT2D eigenvalue weighted by molar-refractivity contribution is -0.0227. The highest BCUT2D eigenvalue weighted by atomic mass is 16.3. The molecule has 0 aliphatic heterocycles. The summed E-state index contributed by atoms with van der Waals surface area (Å²) in [5.74, 6) is -1.19. The van der Waals surface area contributed by atoms with Crippen LogP contribution in [0.1, 0.15) is 62.9 Å². The van der Waals surface area contributed by atoms with Gasteiger partial charge >= 0.3 is 0 Å². The number of hydrogen-bond acceptors (Lipinski definition) is 3. The predicted octanol–water partition coefficient (Wildman–Crippen LogP) is 3.31.